The lowest BCUT2D eigenvalue weighted by Gasteiger charge is -2.21. The van der Waals surface area contributed by atoms with Crippen molar-refractivity contribution in [3.05, 3.63) is 57.4 Å². The Labute approximate surface area is 132 Å². The average molecular weight is 385 g/mol. The van der Waals surface area contributed by atoms with Crippen molar-refractivity contribution >= 4 is 28.3 Å². The molecule has 0 heterocycles. The van der Waals surface area contributed by atoms with E-state index < -0.39 is 0 Å². The van der Waals surface area contributed by atoms with E-state index in [0.717, 1.165) is 27.0 Å². The molecule has 4 heteroatoms. The van der Waals surface area contributed by atoms with E-state index in [4.69, 9.17) is 4.74 Å². The summed E-state index contributed by atoms with van der Waals surface area (Å²) < 4.78 is 19.4. The van der Waals surface area contributed by atoms with Crippen LogP contribution in [0.1, 0.15) is 24.9 Å². The van der Waals surface area contributed by atoms with E-state index >= 15 is 0 Å². The van der Waals surface area contributed by atoms with Gasteiger partial charge < -0.3 is 10.1 Å². The van der Waals surface area contributed by atoms with Crippen LogP contribution in [0.2, 0.25) is 0 Å². The summed E-state index contributed by atoms with van der Waals surface area (Å²) in [5.41, 5.74) is 2.04. The first-order valence-electron chi connectivity index (χ1n) is 6.50. The van der Waals surface area contributed by atoms with Crippen molar-refractivity contribution in [2.45, 2.75) is 19.4 Å². The molecule has 2 aromatic rings. The number of benzene rings is 2. The minimum absolute atomic E-state index is 0.130. The molecule has 0 aliphatic heterocycles. The van der Waals surface area contributed by atoms with E-state index in [0.29, 0.717) is 0 Å². The molecule has 1 unspecified atom stereocenters. The highest BCUT2D eigenvalue weighted by Gasteiger charge is 2.15. The maximum Gasteiger partial charge on any atom is 0.124 e. The predicted molar refractivity (Wildman–Crippen MR) is 88.8 cm³/mol. The third-order valence-corrected chi connectivity index (χ3v) is 4.08. The van der Waals surface area contributed by atoms with Crippen LogP contribution in [0.5, 0.6) is 5.75 Å². The van der Waals surface area contributed by atoms with Gasteiger partial charge in [0.05, 0.1) is 13.2 Å². The van der Waals surface area contributed by atoms with Gasteiger partial charge in [0.15, 0.2) is 0 Å². The number of anilines is 1. The van der Waals surface area contributed by atoms with Crippen molar-refractivity contribution in [2.24, 2.45) is 0 Å². The second-order valence-corrected chi connectivity index (χ2v) is 5.63. The molecule has 0 saturated carbocycles. The number of para-hydroxylation sites is 1. The average Bonchev–Trinajstić information content (AvgIpc) is 2.46. The lowest BCUT2D eigenvalue weighted by atomic mass is 10.0. The van der Waals surface area contributed by atoms with Crippen LogP contribution in [0.3, 0.4) is 0 Å². The summed E-state index contributed by atoms with van der Waals surface area (Å²) in [6.45, 7) is 2.11. The Morgan fingerprint density at radius 1 is 1.25 bits per heavy atom. The lowest BCUT2D eigenvalue weighted by molar-refractivity contribution is 0.406. The Morgan fingerprint density at radius 3 is 2.65 bits per heavy atom. The summed E-state index contributed by atoms with van der Waals surface area (Å²) in [5.74, 6) is 0.647. The van der Waals surface area contributed by atoms with Crippen LogP contribution in [0.25, 0.3) is 0 Å². The van der Waals surface area contributed by atoms with E-state index in [1.807, 2.05) is 18.2 Å². The number of hydrogen-bond donors (Lipinski definition) is 1. The van der Waals surface area contributed by atoms with Crippen molar-refractivity contribution in [2.75, 3.05) is 12.4 Å². The molecule has 1 N–H and O–H groups in total. The van der Waals surface area contributed by atoms with Gasteiger partial charge in [-0.25, -0.2) is 4.39 Å². The molecule has 0 amide bonds. The van der Waals surface area contributed by atoms with Crippen LogP contribution in [-0.2, 0) is 0 Å². The number of methoxy groups -OCH3 is 1. The number of halogens is 2. The Balaban J connectivity index is 2.29. The molecule has 1 atom stereocenters. The van der Waals surface area contributed by atoms with Crippen LogP contribution in [-0.4, -0.2) is 7.11 Å². The zero-order chi connectivity index (χ0) is 14.5. The maximum atomic E-state index is 13.2. The first-order chi connectivity index (χ1) is 9.65. The van der Waals surface area contributed by atoms with Gasteiger partial charge in [0.2, 0.25) is 0 Å². The summed E-state index contributed by atoms with van der Waals surface area (Å²) >= 11 is 2.14. The SMILES string of the molecule is CCC(Nc1ccc(F)cc1I)c1ccccc1OC. The molecule has 2 rings (SSSR count). The quantitative estimate of drug-likeness (QED) is 0.732. The summed E-state index contributed by atoms with van der Waals surface area (Å²) in [7, 11) is 1.67. The minimum Gasteiger partial charge on any atom is -0.496 e. The molecular formula is C16H17FINO. The zero-order valence-corrected chi connectivity index (χ0v) is 13.6. The van der Waals surface area contributed by atoms with Gasteiger partial charge in [-0.1, -0.05) is 25.1 Å². The molecule has 0 fully saturated rings. The van der Waals surface area contributed by atoms with Gasteiger partial charge in [0, 0.05) is 14.8 Å². The molecule has 0 aromatic heterocycles. The zero-order valence-electron chi connectivity index (χ0n) is 11.5. The Morgan fingerprint density at radius 2 is 2.00 bits per heavy atom. The van der Waals surface area contributed by atoms with Crippen LogP contribution in [0, 0.1) is 9.39 Å². The topological polar surface area (TPSA) is 21.3 Å². The van der Waals surface area contributed by atoms with Gasteiger partial charge in [0.25, 0.3) is 0 Å². The summed E-state index contributed by atoms with van der Waals surface area (Å²) in [6, 6.07) is 12.9. The second-order valence-electron chi connectivity index (χ2n) is 4.47. The number of nitrogens with one attached hydrogen (secondary N) is 1. The van der Waals surface area contributed by atoms with Gasteiger partial charge in [-0.15, -0.1) is 0 Å². The molecule has 20 heavy (non-hydrogen) atoms. The predicted octanol–water partition coefficient (Wildman–Crippen LogP) is 5.00. The highest BCUT2D eigenvalue weighted by molar-refractivity contribution is 14.1. The van der Waals surface area contributed by atoms with Gasteiger partial charge in [-0.05, 0) is 53.3 Å². The van der Waals surface area contributed by atoms with E-state index in [1.165, 1.54) is 12.1 Å². The van der Waals surface area contributed by atoms with Crippen LogP contribution >= 0.6 is 22.6 Å². The third kappa shape index (κ3) is 3.42. The molecular weight excluding hydrogens is 368 g/mol. The number of ether oxygens (including phenoxy) is 1. The smallest absolute Gasteiger partial charge is 0.124 e. The minimum atomic E-state index is -0.217. The largest absolute Gasteiger partial charge is 0.496 e. The van der Waals surface area contributed by atoms with E-state index in [2.05, 4.69) is 40.9 Å². The number of rotatable bonds is 5. The molecule has 0 radical (unpaired) electrons. The van der Waals surface area contributed by atoms with E-state index in [9.17, 15) is 4.39 Å². The van der Waals surface area contributed by atoms with Gasteiger partial charge >= 0.3 is 0 Å². The van der Waals surface area contributed by atoms with Crippen molar-refractivity contribution in [3.63, 3.8) is 0 Å². The van der Waals surface area contributed by atoms with Crippen LogP contribution in [0.4, 0.5) is 10.1 Å². The molecule has 0 spiro atoms. The van der Waals surface area contributed by atoms with Crippen LogP contribution < -0.4 is 10.1 Å². The standard InChI is InChI=1S/C16H17FINO/c1-3-14(12-6-4-5-7-16(12)20-2)19-15-9-8-11(17)10-13(15)18/h4-10,14,19H,3H2,1-2H3. The third-order valence-electron chi connectivity index (χ3n) is 3.18. The Kier molecular flexibility index (Phi) is 5.23. The first kappa shape index (κ1) is 15.1. The van der Waals surface area contributed by atoms with E-state index in [1.54, 1.807) is 13.2 Å². The summed E-state index contributed by atoms with van der Waals surface area (Å²) in [6.07, 6.45) is 0.911. The van der Waals surface area contributed by atoms with Gasteiger partial charge in [-0.3, -0.25) is 0 Å². The molecule has 0 bridgehead atoms. The molecule has 0 aliphatic rings. The normalized spacial score (nSPS) is 12.0. The lowest BCUT2D eigenvalue weighted by Crippen LogP contribution is -2.12. The molecule has 106 valence electrons. The maximum absolute atomic E-state index is 13.2. The molecule has 2 aromatic carbocycles. The fraction of sp³-hybridized carbons (Fsp3) is 0.250. The van der Waals surface area contributed by atoms with Crippen LogP contribution in [0.15, 0.2) is 42.5 Å². The van der Waals surface area contributed by atoms with E-state index in [-0.39, 0.29) is 11.9 Å². The van der Waals surface area contributed by atoms with Crippen molar-refractivity contribution in [1.29, 1.82) is 0 Å². The molecule has 2 nitrogen and oxygen atoms in total. The highest BCUT2D eigenvalue weighted by Crippen LogP contribution is 2.31. The summed E-state index contributed by atoms with van der Waals surface area (Å²) in [4.78, 5) is 0. The number of hydrogen-bond acceptors (Lipinski definition) is 2. The van der Waals surface area contributed by atoms with Gasteiger partial charge in [-0.2, -0.15) is 0 Å². The van der Waals surface area contributed by atoms with Crippen molar-refractivity contribution in [1.82, 2.24) is 0 Å². The molecule has 0 aliphatic carbocycles. The first-order valence-corrected chi connectivity index (χ1v) is 7.58. The fourth-order valence-corrected chi connectivity index (χ4v) is 2.78. The Hall–Kier alpha value is -1.30. The van der Waals surface area contributed by atoms with Crippen molar-refractivity contribution in [3.8, 4) is 5.75 Å². The monoisotopic (exact) mass is 385 g/mol. The Bertz CT molecular complexity index is 588. The highest BCUT2D eigenvalue weighted by atomic mass is 127. The molecule has 0 saturated heterocycles. The van der Waals surface area contributed by atoms with Crippen molar-refractivity contribution < 1.29 is 9.13 Å². The summed E-state index contributed by atoms with van der Waals surface area (Å²) in [5, 5.41) is 3.46. The van der Waals surface area contributed by atoms with Gasteiger partial charge in [0.1, 0.15) is 11.6 Å². The fourth-order valence-electron chi connectivity index (χ4n) is 2.15. The second kappa shape index (κ2) is 6.92.